The second kappa shape index (κ2) is 47.5. The van der Waals surface area contributed by atoms with Crippen molar-refractivity contribution in [2.45, 2.75) is 327 Å². The topological polar surface area (TPSA) is 161 Å². The van der Waals surface area contributed by atoms with Crippen LogP contribution in [0.25, 0.3) is 0 Å². The monoisotopic (exact) mass is 968 g/mol. The molecule has 1 aliphatic heterocycles. The minimum absolute atomic E-state index is 0.0730. The maximum absolute atomic E-state index is 13.0. The van der Waals surface area contributed by atoms with Gasteiger partial charge in [0.2, 0.25) is 5.91 Å². The molecule has 4 N–H and O–H groups in total. The third-order valence-corrected chi connectivity index (χ3v) is 13.8. The molecule has 1 saturated heterocycles. The van der Waals surface area contributed by atoms with Crippen molar-refractivity contribution in [2.24, 2.45) is 0 Å². The quantitative estimate of drug-likeness (QED) is 0.0341. The number of esters is 2. The maximum atomic E-state index is 13.0. The minimum atomic E-state index is -1.59. The second-order valence-corrected chi connectivity index (χ2v) is 20.4. The van der Waals surface area contributed by atoms with E-state index in [1.807, 2.05) is 0 Å². The summed E-state index contributed by atoms with van der Waals surface area (Å²) in [6.45, 7) is 6.20. The van der Waals surface area contributed by atoms with Gasteiger partial charge in [-0.05, 0) is 19.3 Å². The first-order chi connectivity index (χ1) is 33.2. The van der Waals surface area contributed by atoms with Gasteiger partial charge in [0.25, 0.3) is 0 Å². The molecule has 402 valence electrons. The molecule has 0 saturated carbocycles. The van der Waals surface area contributed by atoms with Crippen LogP contribution in [0.1, 0.15) is 290 Å². The number of aliphatic hydroxyl groups is 3. The van der Waals surface area contributed by atoms with Gasteiger partial charge in [0.05, 0.1) is 6.61 Å². The third kappa shape index (κ3) is 38.0. The first kappa shape index (κ1) is 64.2. The number of nitrogens with one attached hydrogen (secondary N) is 1. The molecule has 0 aliphatic carbocycles. The Bertz CT molecular complexity index is 1140. The molecule has 1 aliphatic rings. The Kier molecular flexibility index (Phi) is 44.9. The number of rotatable bonds is 50. The normalized spacial score (nSPS) is 18.7. The molecule has 1 heterocycles. The maximum Gasteiger partial charge on any atom is 0.306 e. The molecule has 1 fully saturated rings. The van der Waals surface area contributed by atoms with Gasteiger partial charge in [0, 0.05) is 25.8 Å². The zero-order valence-corrected chi connectivity index (χ0v) is 44.5. The summed E-state index contributed by atoms with van der Waals surface area (Å²) in [5, 5.41) is 35.0. The highest BCUT2D eigenvalue weighted by atomic mass is 16.7. The molecule has 0 aromatic carbocycles. The van der Waals surface area contributed by atoms with Gasteiger partial charge in [-0.1, -0.05) is 252 Å². The Hall–Kier alpha value is -1.79. The van der Waals surface area contributed by atoms with Crippen LogP contribution in [0.2, 0.25) is 0 Å². The fraction of sp³-hybridized carbons (Fsp3) is 0.947. The molecule has 0 radical (unpaired) electrons. The van der Waals surface area contributed by atoms with Crippen molar-refractivity contribution in [3.8, 4) is 0 Å². The van der Waals surface area contributed by atoms with Gasteiger partial charge >= 0.3 is 11.9 Å². The van der Waals surface area contributed by atoms with Gasteiger partial charge < -0.3 is 39.6 Å². The van der Waals surface area contributed by atoms with Crippen LogP contribution in [0, 0.1) is 0 Å². The number of carbonyl (C=O) groups excluding carboxylic acids is 3. The second-order valence-electron chi connectivity index (χ2n) is 20.4. The number of hydrogen-bond donors (Lipinski definition) is 4. The Morgan fingerprint density at radius 2 is 0.765 bits per heavy atom. The van der Waals surface area contributed by atoms with Crippen molar-refractivity contribution in [1.82, 2.24) is 5.32 Å². The highest BCUT2D eigenvalue weighted by Gasteiger charge is 2.44. The average molecular weight is 968 g/mol. The van der Waals surface area contributed by atoms with Crippen molar-refractivity contribution in [1.29, 1.82) is 0 Å². The van der Waals surface area contributed by atoms with E-state index >= 15 is 0 Å². The van der Waals surface area contributed by atoms with E-state index in [0.29, 0.717) is 12.8 Å². The van der Waals surface area contributed by atoms with Crippen LogP contribution < -0.4 is 5.32 Å². The number of unbranched alkanes of at least 4 members (excludes halogenated alkanes) is 36. The van der Waals surface area contributed by atoms with Crippen molar-refractivity contribution in [3.63, 3.8) is 0 Å². The van der Waals surface area contributed by atoms with Crippen molar-refractivity contribution in [3.05, 3.63) is 0 Å². The summed E-state index contributed by atoms with van der Waals surface area (Å²) >= 11 is 0. The SMILES string of the molecule is CCCCCCCCCCCCCCCC(=O)NC[C@H]1O[C@H](OC[C@@H](COC(=O)CCCCCCCCCCCCCCC)OC(=O)CCCCCCCCCCCCCCC)[C@@H](O)[C@@H](O)[C@@H]1O. The van der Waals surface area contributed by atoms with Crippen molar-refractivity contribution in [2.75, 3.05) is 19.8 Å². The molecular formula is C57H109NO10. The summed E-state index contributed by atoms with van der Waals surface area (Å²) in [4.78, 5) is 38.5. The highest BCUT2D eigenvalue weighted by Crippen LogP contribution is 2.23. The van der Waals surface area contributed by atoms with Crippen LogP contribution in [0.5, 0.6) is 0 Å². The van der Waals surface area contributed by atoms with Crippen LogP contribution in [0.15, 0.2) is 0 Å². The smallest absolute Gasteiger partial charge is 0.306 e. The molecule has 68 heavy (non-hydrogen) atoms. The van der Waals surface area contributed by atoms with Gasteiger partial charge in [0.1, 0.15) is 31.0 Å². The van der Waals surface area contributed by atoms with Gasteiger partial charge in [-0.25, -0.2) is 0 Å². The molecule has 11 heteroatoms. The van der Waals surface area contributed by atoms with Crippen LogP contribution in [0.3, 0.4) is 0 Å². The Balaban J connectivity index is 2.52. The molecule has 6 atom stereocenters. The van der Waals surface area contributed by atoms with Gasteiger partial charge in [-0.2, -0.15) is 0 Å². The fourth-order valence-electron chi connectivity index (χ4n) is 9.22. The largest absolute Gasteiger partial charge is 0.462 e. The van der Waals surface area contributed by atoms with E-state index in [4.69, 9.17) is 18.9 Å². The summed E-state index contributed by atoms with van der Waals surface area (Å²) in [6, 6.07) is 0. The van der Waals surface area contributed by atoms with E-state index in [2.05, 4.69) is 26.1 Å². The van der Waals surface area contributed by atoms with Crippen LogP contribution in [0.4, 0.5) is 0 Å². The highest BCUT2D eigenvalue weighted by molar-refractivity contribution is 5.75. The zero-order valence-electron chi connectivity index (χ0n) is 44.5. The predicted molar refractivity (Wildman–Crippen MR) is 277 cm³/mol. The van der Waals surface area contributed by atoms with Crippen LogP contribution in [-0.4, -0.2) is 89.7 Å². The van der Waals surface area contributed by atoms with E-state index < -0.39 is 42.8 Å². The fourth-order valence-corrected chi connectivity index (χ4v) is 9.22. The van der Waals surface area contributed by atoms with Gasteiger partial charge in [-0.15, -0.1) is 0 Å². The lowest BCUT2D eigenvalue weighted by Gasteiger charge is -2.40. The standard InChI is InChI=1S/C57H109NO10/c1-4-7-10-13-16-19-22-25-28-31-34-37-40-43-51(59)58-46-50-54(62)55(63)56(64)57(68-50)66-48-49(67-53(61)45-42-39-36-33-30-27-24-21-18-15-12-9-6-3)47-65-52(60)44-41-38-35-32-29-26-23-20-17-14-11-8-5-2/h49-50,54-57,62-64H,4-48H2,1-3H3,(H,58,59)/t49-,50-,54-,55+,56+,57+/m1/s1. The molecule has 0 bridgehead atoms. The average Bonchev–Trinajstić information content (AvgIpc) is 3.33. The Labute approximate surface area is 417 Å². The summed E-state index contributed by atoms with van der Waals surface area (Å²) < 4.78 is 23.1. The minimum Gasteiger partial charge on any atom is -0.462 e. The van der Waals surface area contributed by atoms with E-state index in [1.165, 1.54) is 186 Å². The molecule has 11 nitrogen and oxygen atoms in total. The summed E-state index contributed by atoms with van der Waals surface area (Å²) in [6.07, 6.45) is 40.2. The lowest BCUT2D eigenvalue weighted by molar-refractivity contribution is -0.299. The van der Waals surface area contributed by atoms with E-state index in [9.17, 15) is 29.7 Å². The van der Waals surface area contributed by atoms with Crippen LogP contribution >= 0.6 is 0 Å². The van der Waals surface area contributed by atoms with E-state index in [1.54, 1.807) is 0 Å². The molecular weight excluding hydrogens is 859 g/mol. The molecule has 0 spiro atoms. The van der Waals surface area contributed by atoms with Gasteiger partial charge in [0.15, 0.2) is 12.4 Å². The number of aliphatic hydroxyl groups excluding tert-OH is 3. The Morgan fingerprint density at radius 1 is 0.426 bits per heavy atom. The summed E-state index contributed by atoms with van der Waals surface area (Å²) in [5.41, 5.74) is 0. The van der Waals surface area contributed by atoms with E-state index in [-0.39, 0.29) is 44.5 Å². The van der Waals surface area contributed by atoms with Crippen molar-refractivity contribution < 1.29 is 48.7 Å². The third-order valence-electron chi connectivity index (χ3n) is 13.8. The molecule has 0 aromatic rings. The number of hydrogen-bond acceptors (Lipinski definition) is 10. The Morgan fingerprint density at radius 3 is 1.15 bits per heavy atom. The first-order valence-electron chi connectivity index (χ1n) is 29.2. The summed E-state index contributed by atoms with van der Waals surface area (Å²) in [7, 11) is 0. The zero-order chi connectivity index (χ0) is 49.6. The first-order valence-corrected chi connectivity index (χ1v) is 29.2. The van der Waals surface area contributed by atoms with Crippen LogP contribution in [-0.2, 0) is 33.3 Å². The predicted octanol–water partition coefficient (Wildman–Crippen LogP) is 13.8. The molecule has 0 unspecified atom stereocenters. The molecule has 1 amide bonds. The molecule has 1 rings (SSSR count). The van der Waals surface area contributed by atoms with E-state index in [0.717, 1.165) is 57.8 Å². The molecule has 0 aromatic heterocycles. The summed E-state index contributed by atoms with van der Waals surface area (Å²) in [5.74, 6) is -0.954. The number of ether oxygens (including phenoxy) is 4. The van der Waals surface area contributed by atoms with Gasteiger partial charge in [-0.3, -0.25) is 14.4 Å². The van der Waals surface area contributed by atoms with Crippen molar-refractivity contribution >= 4 is 17.8 Å². The number of amides is 1. The number of carbonyl (C=O) groups is 3. The lowest BCUT2D eigenvalue weighted by Crippen LogP contribution is -2.60. The lowest BCUT2D eigenvalue weighted by atomic mass is 9.98.